The fourth-order valence-corrected chi connectivity index (χ4v) is 5.55. The maximum Gasteiger partial charge on any atom is 0.329 e. The van der Waals surface area contributed by atoms with E-state index < -0.39 is 6.43 Å². The van der Waals surface area contributed by atoms with Gasteiger partial charge >= 0.3 is 5.69 Å². The minimum Gasteiger partial charge on any atom is -0.291 e. The molecule has 1 saturated carbocycles. The van der Waals surface area contributed by atoms with Crippen LogP contribution in [-0.4, -0.2) is 29.8 Å². The van der Waals surface area contributed by atoms with Gasteiger partial charge in [-0.3, -0.25) is 9.13 Å². The van der Waals surface area contributed by atoms with E-state index in [0.717, 1.165) is 47.9 Å². The van der Waals surface area contributed by atoms with Crippen molar-refractivity contribution in [2.75, 3.05) is 0 Å². The summed E-state index contributed by atoms with van der Waals surface area (Å²) in [6, 6.07) is 15.7. The van der Waals surface area contributed by atoms with Crippen molar-refractivity contribution in [2.45, 2.75) is 71.4 Å². The molecule has 7 nitrogen and oxygen atoms in total. The molecule has 0 amide bonds. The molecule has 1 aliphatic rings. The Morgan fingerprint density at radius 2 is 1.73 bits per heavy atom. The van der Waals surface area contributed by atoms with Gasteiger partial charge in [-0.2, -0.15) is 5.21 Å². The molecule has 0 radical (unpaired) electrons. The Labute approximate surface area is 214 Å². The van der Waals surface area contributed by atoms with E-state index in [2.05, 4.69) is 20.6 Å². The molecule has 0 unspecified atom stereocenters. The largest absolute Gasteiger partial charge is 0.329 e. The molecule has 1 N–H and O–H groups in total. The first-order chi connectivity index (χ1) is 18.1. The van der Waals surface area contributed by atoms with Crippen molar-refractivity contribution in [2.24, 2.45) is 5.92 Å². The molecule has 1 aliphatic carbocycles. The minimum absolute atomic E-state index is 0.0944. The van der Waals surface area contributed by atoms with Gasteiger partial charge in [0.25, 0.3) is 6.43 Å². The topological polar surface area (TPSA) is 81.4 Å². The number of alkyl halides is 2. The van der Waals surface area contributed by atoms with E-state index in [0.29, 0.717) is 30.9 Å². The molecule has 37 heavy (non-hydrogen) atoms. The van der Waals surface area contributed by atoms with Crippen molar-refractivity contribution in [3.05, 3.63) is 76.0 Å². The van der Waals surface area contributed by atoms with Crippen molar-refractivity contribution in [1.29, 1.82) is 0 Å². The summed E-state index contributed by atoms with van der Waals surface area (Å²) in [5.41, 5.74) is 3.71. The fourth-order valence-electron chi connectivity index (χ4n) is 5.55. The van der Waals surface area contributed by atoms with Crippen LogP contribution in [0.2, 0.25) is 0 Å². The Balaban J connectivity index is 1.46. The predicted octanol–water partition coefficient (Wildman–Crippen LogP) is 6.02. The molecule has 0 atom stereocenters. The third-order valence-corrected chi connectivity index (χ3v) is 7.35. The highest BCUT2D eigenvalue weighted by molar-refractivity contribution is 5.80. The van der Waals surface area contributed by atoms with E-state index in [1.807, 2.05) is 55.5 Å². The Kier molecular flexibility index (Phi) is 7.58. The van der Waals surface area contributed by atoms with Crippen LogP contribution in [0.3, 0.4) is 0 Å². The molecule has 0 aliphatic heterocycles. The number of hydrogen-bond donors (Lipinski definition) is 1. The number of rotatable bonds is 9. The van der Waals surface area contributed by atoms with Crippen LogP contribution in [0.15, 0.2) is 53.3 Å². The summed E-state index contributed by atoms with van der Waals surface area (Å²) in [7, 11) is 0. The number of aromatic nitrogens is 6. The Hall–Kier alpha value is -3.62. The summed E-state index contributed by atoms with van der Waals surface area (Å²) in [4.78, 5) is 13.5. The van der Waals surface area contributed by atoms with Gasteiger partial charge in [0.1, 0.15) is 5.69 Å². The van der Waals surface area contributed by atoms with Crippen molar-refractivity contribution >= 4 is 0 Å². The lowest BCUT2D eigenvalue weighted by Gasteiger charge is -2.22. The molecule has 2 heterocycles. The van der Waals surface area contributed by atoms with Gasteiger partial charge in [0.15, 0.2) is 0 Å². The standard InChI is InChI=1S/C28H32F2N6O/c1-2-8-24-25(26(29)30)36(18-19-9-4-3-5-10-19)28(37)35(24)17-20-13-15-21(16-14-20)22-11-6-7-12-23(22)27-31-33-34-32-27/h6-7,11-16,19,26H,2-5,8-10,17-18H2,1H3,(H,31,32,33,34). The molecule has 9 heteroatoms. The normalized spacial score (nSPS) is 14.5. The van der Waals surface area contributed by atoms with Crippen LogP contribution in [0.25, 0.3) is 22.5 Å². The number of halogens is 2. The van der Waals surface area contributed by atoms with Crippen molar-refractivity contribution < 1.29 is 8.78 Å². The third-order valence-electron chi connectivity index (χ3n) is 7.35. The number of hydrogen-bond acceptors (Lipinski definition) is 4. The van der Waals surface area contributed by atoms with Gasteiger partial charge in [-0.1, -0.05) is 81.1 Å². The van der Waals surface area contributed by atoms with E-state index >= 15 is 0 Å². The van der Waals surface area contributed by atoms with Crippen LogP contribution in [0.1, 0.15) is 68.8 Å². The highest BCUT2D eigenvalue weighted by atomic mass is 19.3. The van der Waals surface area contributed by atoms with Gasteiger partial charge in [0, 0.05) is 17.8 Å². The summed E-state index contributed by atoms with van der Waals surface area (Å²) < 4.78 is 31.5. The Bertz CT molecular complexity index is 1370. The summed E-state index contributed by atoms with van der Waals surface area (Å²) >= 11 is 0. The van der Waals surface area contributed by atoms with Crippen molar-refractivity contribution in [3.63, 3.8) is 0 Å². The van der Waals surface area contributed by atoms with E-state index in [1.165, 1.54) is 11.0 Å². The van der Waals surface area contributed by atoms with Crippen LogP contribution in [0.5, 0.6) is 0 Å². The number of imidazole rings is 1. The second-order valence-corrected chi connectivity index (χ2v) is 9.84. The lowest BCUT2D eigenvalue weighted by Crippen LogP contribution is -2.29. The number of nitrogens with one attached hydrogen (secondary N) is 1. The van der Waals surface area contributed by atoms with E-state index in [4.69, 9.17) is 0 Å². The molecular weight excluding hydrogens is 474 g/mol. The second kappa shape index (κ2) is 11.2. The van der Waals surface area contributed by atoms with Gasteiger partial charge in [0.05, 0.1) is 6.54 Å². The second-order valence-electron chi connectivity index (χ2n) is 9.84. The van der Waals surface area contributed by atoms with E-state index in [1.54, 1.807) is 4.57 Å². The van der Waals surface area contributed by atoms with Crippen LogP contribution in [0, 0.1) is 5.92 Å². The van der Waals surface area contributed by atoms with E-state index in [-0.39, 0.29) is 23.8 Å². The maximum absolute atomic E-state index is 14.3. The van der Waals surface area contributed by atoms with Crippen LogP contribution in [0.4, 0.5) is 8.78 Å². The van der Waals surface area contributed by atoms with Crippen LogP contribution < -0.4 is 5.69 Å². The van der Waals surface area contributed by atoms with Crippen LogP contribution >= 0.6 is 0 Å². The molecule has 2 aromatic carbocycles. The zero-order valence-electron chi connectivity index (χ0n) is 21.0. The molecule has 0 spiro atoms. The van der Waals surface area contributed by atoms with Crippen LogP contribution in [-0.2, 0) is 19.5 Å². The monoisotopic (exact) mass is 506 g/mol. The van der Waals surface area contributed by atoms with Gasteiger partial charge in [0.2, 0.25) is 5.82 Å². The lowest BCUT2D eigenvalue weighted by atomic mass is 9.89. The van der Waals surface area contributed by atoms with Gasteiger partial charge < -0.3 is 0 Å². The number of tetrazole rings is 1. The maximum atomic E-state index is 14.3. The Morgan fingerprint density at radius 3 is 2.38 bits per heavy atom. The van der Waals surface area contributed by atoms with Crippen molar-refractivity contribution in [1.82, 2.24) is 29.8 Å². The first kappa shape index (κ1) is 25.0. The summed E-state index contributed by atoms with van der Waals surface area (Å²) in [5.74, 6) is 0.794. The molecular formula is C28H32F2N6O. The first-order valence-electron chi connectivity index (χ1n) is 13.1. The predicted molar refractivity (Wildman–Crippen MR) is 138 cm³/mol. The zero-order chi connectivity index (χ0) is 25.8. The SMILES string of the molecule is CCCc1c(C(F)F)n(CC2CCCCC2)c(=O)n1Cc1ccc(-c2ccccc2-c2nn[nH]n2)cc1. The zero-order valence-corrected chi connectivity index (χ0v) is 21.0. The number of nitrogens with zero attached hydrogens (tertiary/aromatic N) is 5. The fraction of sp³-hybridized carbons (Fsp3) is 0.429. The highest BCUT2D eigenvalue weighted by Crippen LogP contribution is 2.31. The molecule has 0 bridgehead atoms. The number of H-pyrrole nitrogens is 1. The average molecular weight is 507 g/mol. The summed E-state index contributed by atoms with van der Waals surface area (Å²) in [6.07, 6.45) is 3.85. The van der Waals surface area contributed by atoms with E-state index in [9.17, 15) is 13.6 Å². The average Bonchev–Trinajstić information content (AvgIpc) is 3.54. The molecule has 0 saturated heterocycles. The molecule has 1 fully saturated rings. The lowest BCUT2D eigenvalue weighted by molar-refractivity contribution is 0.136. The number of benzene rings is 2. The Morgan fingerprint density at radius 1 is 1.00 bits per heavy atom. The molecule has 194 valence electrons. The first-order valence-corrected chi connectivity index (χ1v) is 13.1. The molecule has 5 rings (SSSR count). The highest BCUT2D eigenvalue weighted by Gasteiger charge is 2.27. The molecule has 2 aromatic heterocycles. The summed E-state index contributed by atoms with van der Waals surface area (Å²) in [6.45, 7) is 2.60. The third kappa shape index (κ3) is 5.26. The van der Waals surface area contributed by atoms with Gasteiger partial charge in [-0.15, -0.1) is 10.2 Å². The van der Waals surface area contributed by atoms with Gasteiger partial charge in [-0.25, -0.2) is 13.6 Å². The minimum atomic E-state index is -2.68. The quantitative estimate of drug-likeness (QED) is 0.301. The molecule has 4 aromatic rings. The number of aromatic amines is 1. The smallest absolute Gasteiger partial charge is 0.291 e. The van der Waals surface area contributed by atoms with Crippen molar-refractivity contribution in [3.8, 4) is 22.5 Å². The summed E-state index contributed by atoms with van der Waals surface area (Å²) in [5, 5.41) is 14.3. The van der Waals surface area contributed by atoms with Gasteiger partial charge in [-0.05, 0) is 47.1 Å².